The zero-order valence-electron chi connectivity index (χ0n) is 10.7. The fourth-order valence-corrected chi connectivity index (χ4v) is 2.77. The van der Waals surface area contributed by atoms with Gasteiger partial charge in [-0.2, -0.15) is 0 Å². The van der Waals surface area contributed by atoms with E-state index in [0.717, 1.165) is 65.1 Å². The van der Waals surface area contributed by atoms with Crippen LogP contribution in [0.4, 0.5) is 0 Å². The lowest BCUT2D eigenvalue weighted by Gasteiger charge is -2.42. The molecule has 17 heavy (non-hydrogen) atoms. The molecular formula is C13H23NO3. The van der Waals surface area contributed by atoms with Crippen LogP contribution in [0.1, 0.15) is 26.2 Å². The van der Waals surface area contributed by atoms with Gasteiger partial charge < -0.3 is 14.3 Å². The summed E-state index contributed by atoms with van der Waals surface area (Å²) in [5.74, 6) is 0. The third kappa shape index (κ3) is 3.06. The second-order valence-electron chi connectivity index (χ2n) is 5.20. The third-order valence-electron chi connectivity index (χ3n) is 4.08. The molecule has 2 saturated heterocycles. The second kappa shape index (κ2) is 5.94. The summed E-state index contributed by atoms with van der Waals surface area (Å²) >= 11 is 0. The largest absolute Gasteiger partial charge is 0.381 e. The number of carbonyl (C=O) groups is 1. The van der Waals surface area contributed by atoms with Crippen molar-refractivity contribution in [3.63, 3.8) is 0 Å². The molecule has 4 heteroatoms. The summed E-state index contributed by atoms with van der Waals surface area (Å²) in [6.07, 6.45) is 3.98. The SMILES string of the molecule is CCC1COCCN1CC1(C=O)CCOCC1. The van der Waals surface area contributed by atoms with Crippen molar-refractivity contribution in [2.75, 3.05) is 39.5 Å². The highest BCUT2D eigenvalue weighted by Crippen LogP contribution is 2.30. The Kier molecular flexibility index (Phi) is 4.54. The maximum Gasteiger partial charge on any atom is 0.127 e. The summed E-state index contributed by atoms with van der Waals surface area (Å²) in [4.78, 5) is 13.9. The molecule has 2 aliphatic heterocycles. The molecule has 0 aliphatic carbocycles. The summed E-state index contributed by atoms with van der Waals surface area (Å²) in [6, 6.07) is 0.475. The van der Waals surface area contributed by atoms with Crippen LogP contribution in [0.2, 0.25) is 0 Å². The van der Waals surface area contributed by atoms with Crippen molar-refractivity contribution in [2.45, 2.75) is 32.2 Å². The minimum atomic E-state index is -0.178. The highest BCUT2D eigenvalue weighted by molar-refractivity contribution is 5.60. The van der Waals surface area contributed by atoms with Gasteiger partial charge in [0.05, 0.1) is 13.2 Å². The average Bonchev–Trinajstić information content (AvgIpc) is 2.40. The molecule has 2 fully saturated rings. The first-order valence-corrected chi connectivity index (χ1v) is 6.65. The first-order chi connectivity index (χ1) is 8.29. The lowest BCUT2D eigenvalue weighted by Crippen LogP contribution is -2.51. The Morgan fingerprint density at radius 1 is 1.29 bits per heavy atom. The van der Waals surface area contributed by atoms with E-state index in [0.29, 0.717) is 6.04 Å². The highest BCUT2D eigenvalue weighted by Gasteiger charge is 2.36. The van der Waals surface area contributed by atoms with E-state index in [9.17, 15) is 4.79 Å². The first-order valence-electron chi connectivity index (χ1n) is 6.65. The van der Waals surface area contributed by atoms with Crippen LogP contribution >= 0.6 is 0 Å². The summed E-state index contributed by atoms with van der Waals surface area (Å²) < 4.78 is 10.9. The predicted molar refractivity (Wildman–Crippen MR) is 65.0 cm³/mol. The van der Waals surface area contributed by atoms with E-state index in [-0.39, 0.29) is 5.41 Å². The number of ether oxygens (including phenoxy) is 2. The van der Waals surface area contributed by atoms with Crippen molar-refractivity contribution in [3.05, 3.63) is 0 Å². The topological polar surface area (TPSA) is 38.8 Å². The normalized spacial score (nSPS) is 30.1. The smallest absolute Gasteiger partial charge is 0.127 e. The predicted octanol–water partition coefficient (Wildman–Crippen LogP) is 1.09. The fraction of sp³-hybridized carbons (Fsp3) is 0.923. The quantitative estimate of drug-likeness (QED) is 0.691. The Hall–Kier alpha value is -0.450. The number of morpholine rings is 1. The molecule has 0 bridgehead atoms. The number of hydrogen-bond donors (Lipinski definition) is 0. The Morgan fingerprint density at radius 2 is 2.06 bits per heavy atom. The zero-order chi connectivity index (χ0) is 12.1. The van der Waals surface area contributed by atoms with Crippen molar-refractivity contribution in [1.82, 2.24) is 4.90 Å². The van der Waals surface area contributed by atoms with Gasteiger partial charge in [-0.15, -0.1) is 0 Å². The fourth-order valence-electron chi connectivity index (χ4n) is 2.77. The van der Waals surface area contributed by atoms with Gasteiger partial charge in [0.2, 0.25) is 0 Å². The molecule has 0 saturated carbocycles. The summed E-state index contributed by atoms with van der Waals surface area (Å²) in [5, 5.41) is 0. The van der Waals surface area contributed by atoms with Gasteiger partial charge in [0, 0.05) is 37.8 Å². The molecular weight excluding hydrogens is 218 g/mol. The molecule has 0 amide bonds. The number of carbonyl (C=O) groups excluding carboxylic acids is 1. The summed E-state index contributed by atoms with van der Waals surface area (Å²) in [7, 11) is 0. The van der Waals surface area contributed by atoms with Crippen LogP contribution < -0.4 is 0 Å². The summed E-state index contributed by atoms with van der Waals surface area (Å²) in [6.45, 7) is 7.06. The van der Waals surface area contributed by atoms with Crippen molar-refractivity contribution < 1.29 is 14.3 Å². The van der Waals surface area contributed by atoms with Crippen molar-refractivity contribution in [2.24, 2.45) is 5.41 Å². The van der Waals surface area contributed by atoms with Crippen LogP contribution in [0.3, 0.4) is 0 Å². The van der Waals surface area contributed by atoms with Gasteiger partial charge in [0.1, 0.15) is 6.29 Å². The number of rotatable bonds is 4. The molecule has 2 rings (SSSR count). The van der Waals surface area contributed by atoms with Gasteiger partial charge >= 0.3 is 0 Å². The maximum absolute atomic E-state index is 11.4. The van der Waals surface area contributed by atoms with Crippen molar-refractivity contribution >= 4 is 6.29 Å². The van der Waals surface area contributed by atoms with Gasteiger partial charge in [0.15, 0.2) is 0 Å². The number of hydrogen-bond acceptors (Lipinski definition) is 4. The van der Waals surface area contributed by atoms with Crippen LogP contribution in [0.5, 0.6) is 0 Å². The Labute approximate surface area is 103 Å². The standard InChI is InChI=1S/C13H23NO3/c1-2-12-9-17-8-5-14(12)10-13(11-15)3-6-16-7-4-13/h11-12H,2-10H2,1H3. The van der Waals surface area contributed by atoms with Crippen LogP contribution in [-0.4, -0.2) is 56.7 Å². The molecule has 2 aliphatic rings. The molecule has 0 spiro atoms. The Morgan fingerprint density at radius 3 is 2.71 bits per heavy atom. The summed E-state index contributed by atoms with van der Waals surface area (Å²) in [5.41, 5.74) is -0.178. The number of nitrogens with zero attached hydrogens (tertiary/aromatic N) is 1. The zero-order valence-corrected chi connectivity index (χ0v) is 10.7. The Bertz CT molecular complexity index is 251. The van der Waals surface area contributed by atoms with E-state index in [2.05, 4.69) is 11.8 Å². The van der Waals surface area contributed by atoms with Crippen molar-refractivity contribution in [3.8, 4) is 0 Å². The minimum Gasteiger partial charge on any atom is -0.381 e. The van der Waals surface area contributed by atoms with Crippen LogP contribution in [0, 0.1) is 5.41 Å². The molecule has 1 atom stereocenters. The van der Waals surface area contributed by atoms with Gasteiger partial charge in [-0.05, 0) is 19.3 Å². The molecule has 0 radical (unpaired) electrons. The van der Waals surface area contributed by atoms with E-state index in [1.807, 2.05) is 0 Å². The molecule has 0 aromatic rings. The Balaban J connectivity index is 1.98. The van der Waals surface area contributed by atoms with Crippen molar-refractivity contribution in [1.29, 1.82) is 0 Å². The highest BCUT2D eigenvalue weighted by atomic mass is 16.5. The lowest BCUT2D eigenvalue weighted by molar-refractivity contribution is -0.125. The molecule has 0 aromatic heterocycles. The van der Waals surface area contributed by atoms with Crippen LogP contribution in [-0.2, 0) is 14.3 Å². The van der Waals surface area contributed by atoms with Gasteiger partial charge in [-0.25, -0.2) is 0 Å². The van der Waals surface area contributed by atoms with Gasteiger partial charge in [0.25, 0.3) is 0 Å². The van der Waals surface area contributed by atoms with Gasteiger partial charge in [-0.1, -0.05) is 6.92 Å². The third-order valence-corrected chi connectivity index (χ3v) is 4.08. The monoisotopic (exact) mass is 241 g/mol. The molecule has 0 aromatic carbocycles. The van der Waals surface area contributed by atoms with E-state index >= 15 is 0 Å². The van der Waals surface area contributed by atoms with Gasteiger partial charge in [-0.3, -0.25) is 4.90 Å². The first kappa shape index (κ1) is 13.0. The van der Waals surface area contributed by atoms with E-state index < -0.39 is 0 Å². The molecule has 1 unspecified atom stereocenters. The molecule has 98 valence electrons. The molecule has 4 nitrogen and oxygen atoms in total. The molecule has 0 N–H and O–H groups in total. The van der Waals surface area contributed by atoms with E-state index in [4.69, 9.17) is 9.47 Å². The van der Waals surface area contributed by atoms with E-state index in [1.165, 1.54) is 0 Å². The average molecular weight is 241 g/mol. The van der Waals surface area contributed by atoms with Crippen LogP contribution in [0.15, 0.2) is 0 Å². The van der Waals surface area contributed by atoms with Crippen LogP contribution in [0.25, 0.3) is 0 Å². The number of aldehydes is 1. The van der Waals surface area contributed by atoms with E-state index in [1.54, 1.807) is 0 Å². The minimum absolute atomic E-state index is 0.178. The lowest BCUT2D eigenvalue weighted by atomic mass is 9.81. The maximum atomic E-state index is 11.4. The second-order valence-corrected chi connectivity index (χ2v) is 5.20. The molecule has 2 heterocycles.